The van der Waals surface area contributed by atoms with Gasteiger partial charge in [0.1, 0.15) is 5.75 Å². The average Bonchev–Trinajstić information content (AvgIpc) is 2.79. The smallest absolute Gasteiger partial charge is 0.262 e. The maximum absolute atomic E-state index is 12.9. The molecule has 0 spiro atoms. The van der Waals surface area contributed by atoms with Crippen molar-refractivity contribution in [1.82, 2.24) is 5.32 Å². The van der Waals surface area contributed by atoms with E-state index >= 15 is 0 Å². The molecule has 0 bridgehead atoms. The molecule has 10 heteroatoms. The Bertz CT molecular complexity index is 1280. The van der Waals surface area contributed by atoms with Gasteiger partial charge in [0, 0.05) is 22.0 Å². The standard InChI is InChI=1S/C23H22ClN3O5S/c1-15-6-7-19(26-22(28)14-25-23(29)16-4-3-5-17(24)12-16)13-21(15)33(30,31)27-18-8-10-20(32-2)11-9-18/h3-13,27H,14H2,1-2H3,(H,25,29)(H,26,28). The maximum Gasteiger partial charge on any atom is 0.262 e. The second-order valence-electron chi connectivity index (χ2n) is 7.06. The highest BCUT2D eigenvalue weighted by molar-refractivity contribution is 7.92. The van der Waals surface area contributed by atoms with Crippen molar-refractivity contribution in [2.75, 3.05) is 23.7 Å². The van der Waals surface area contributed by atoms with Crippen LogP contribution in [0.4, 0.5) is 11.4 Å². The first kappa shape index (κ1) is 24.1. The van der Waals surface area contributed by atoms with Crippen LogP contribution in [-0.2, 0) is 14.8 Å². The number of sulfonamides is 1. The van der Waals surface area contributed by atoms with E-state index in [9.17, 15) is 18.0 Å². The van der Waals surface area contributed by atoms with E-state index in [0.29, 0.717) is 27.6 Å². The number of ether oxygens (including phenoxy) is 1. The molecule has 0 saturated heterocycles. The number of halogens is 1. The zero-order chi connectivity index (χ0) is 24.0. The Balaban J connectivity index is 1.67. The molecule has 0 aliphatic carbocycles. The molecular formula is C23H22ClN3O5S. The number of aryl methyl sites for hydroxylation is 1. The summed E-state index contributed by atoms with van der Waals surface area (Å²) in [6, 6.07) is 17.3. The van der Waals surface area contributed by atoms with Crippen molar-refractivity contribution in [3.8, 4) is 5.75 Å². The Morgan fingerprint density at radius 3 is 2.33 bits per heavy atom. The second-order valence-corrected chi connectivity index (χ2v) is 9.14. The van der Waals surface area contributed by atoms with Gasteiger partial charge in [-0.25, -0.2) is 8.42 Å². The zero-order valence-electron chi connectivity index (χ0n) is 17.9. The minimum atomic E-state index is -3.91. The summed E-state index contributed by atoms with van der Waals surface area (Å²) in [6.07, 6.45) is 0. The predicted molar refractivity (Wildman–Crippen MR) is 127 cm³/mol. The summed E-state index contributed by atoms with van der Waals surface area (Å²) in [5, 5.41) is 5.49. The van der Waals surface area contributed by atoms with E-state index in [1.165, 1.54) is 19.2 Å². The average molecular weight is 488 g/mol. The fourth-order valence-electron chi connectivity index (χ4n) is 2.93. The van der Waals surface area contributed by atoms with Crippen molar-refractivity contribution in [3.63, 3.8) is 0 Å². The molecule has 2 amide bonds. The largest absolute Gasteiger partial charge is 0.497 e. The van der Waals surface area contributed by atoms with E-state index in [-0.39, 0.29) is 17.1 Å². The molecule has 3 rings (SSSR count). The minimum absolute atomic E-state index is 0.0130. The zero-order valence-corrected chi connectivity index (χ0v) is 19.5. The summed E-state index contributed by atoms with van der Waals surface area (Å²) in [7, 11) is -2.39. The van der Waals surface area contributed by atoms with E-state index in [4.69, 9.17) is 16.3 Å². The number of amides is 2. The Hall–Kier alpha value is -3.56. The molecule has 172 valence electrons. The van der Waals surface area contributed by atoms with Gasteiger partial charge in [-0.1, -0.05) is 23.7 Å². The van der Waals surface area contributed by atoms with Crippen LogP contribution in [0.5, 0.6) is 5.75 Å². The number of hydrogen-bond donors (Lipinski definition) is 3. The van der Waals surface area contributed by atoms with E-state index in [0.717, 1.165) is 0 Å². The maximum atomic E-state index is 12.9. The monoisotopic (exact) mass is 487 g/mol. The number of anilines is 2. The Morgan fingerprint density at radius 2 is 1.67 bits per heavy atom. The number of hydrogen-bond acceptors (Lipinski definition) is 5. The van der Waals surface area contributed by atoms with Crippen molar-refractivity contribution < 1.29 is 22.7 Å². The Kier molecular flexibility index (Phi) is 7.57. The van der Waals surface area contributed by atoms with Crippen LogP contribution in [0.15, 0.2) is 71.6 Å². The van der Waals surface area contributed by atoms with Crippen LogP contribution in [-0.4, -0.2) is 33.9 Å². The van der Waals surface area contributed by atoms with Crippen LogP contribution in [0.25, 0.3) is 0 Å². The van der Waals surface area contributed by atoms with Crippen LogP contribution in [0.3, 0.4) is 0 Å². The first-order valence-electron chi connectivity index (χ1n) is 9.79. The number of nitrogens with one attached hydrogen (secondary N) is 3. The molecule has 3 aromatic rings. The first-order valence-corrected chi connectivity index (χ1v) is 11.7. The fraction of sp³-hybridized carbons (Fsp3) is 0.130. The molecular weight excluding hydrogens is 466 g/mol. The molecule has 0 aromatic heterocycles. The second kappa shape index (κ2) is 10.4. The van der Waals surface area contributed by atoms with E-state index in [1.807, 2.05) is 0 Å². The molecule has 0 radical (unpaired) electrons. The van der Waals surface area contributed by atoms with Gasteiger partial charge in [-0.2, -0.15) is 0 Å². The molecule has 0 heterocycles. The first-order chi connectivity index (χ1) is 15.7. The van der Waals surface area contributed by atoms with Gasteiger partial charge in [-0.05, 0) is 67.1 Å². The lowest BCUT2D eigenvalue weighted by atomic mass is 10.2. The van der Waals surface area contributed by atoms with E-state index in [1.54, 1.807) is 61.5 Å². The van der Waals surface area contributed by atoms with Crippen molar-refractivity contribution in [3.05, 3.63) is 82.9 Å². The minimum Gasteiger partial charge on any atom is -0.497 e. The number of rotatable bonds is 8. The van der Waals surface area contributed by atoms with Gasteiger partial charge in [0.25, 0.3) is 15.9 Å². The number of benzene rings is 3. The van der Waals surface area contributed by atoms with Crippen molar-refractivity contribution in [2.24, 2.45) is 0 Å². The molecule has 0 atom stereocenters. The molecule has 0 fully saturated rings. The molecule has 0 saturated carbocycles. The van der Waals surface area contributed by atoms with Gasteiger partial charge in [0.2, 0.25) is 5.91 Å². The molecule has 3 aromatic carbocycles. The molecule has 3 N–H and O–H groups in total. The van der Waals surface area contributed by atoms with Gasteiger partial charge in [-0.3, -0.25) is 14.3 Å². The van der Waals surface area contributed by atoms with Gasteiger partial charge >= 0.3 is 0 Å². The number of methoxy groups -OCH3 is 1. The molecule has 0 unspecified atom stereocenters. The normalized spacial score (nSPS) is 10.9. The third kappa shape index (κ3) is 6.47. The molecule has 8 nitrogen and oxygen atoms in total. The summed E-state index contributed by atoms with van der Waals surface area (Å²) in [4.78, 5) is 24.4. The topological polar surface area (TPSA) is 114 Å². The van der Waals surface area contributed by atoms with E-state index in [2.05, 4.69) is 15.4 Å². The fourth-order valence-corrected chi connectivity index (χ4v) is 4.45. The lowest BCUT2D eigenvalue weighted by molar-refractivity contribution is -0.115. The van der Waals surface area contributed by atoms with Crippen LogP contribution in [0.1, 0.15) is 15.9 Å². The van der Waals surface area contributed by atoms with Crippen LogP contribution in [0, 0.1) is 6.92 Å². The lowest BCUT2D eigenvalue weighted by Crippen LogP contribution is -2.32. The highest BCUT2D eigenvalue weighted by Gasteiger charge is 2.18. The highest BCUT2D eigenvalue weighted by Crippen LogP contribution is 2.24. The van der Waals surface area contributed by atoms with Crippen LogP contribution in [0.2, 0.25) is 5.02 Å². The SMILES string of the molecule is COc1ccc(NS(=O)(=O)c2cc(NC(=O)CNC(=O)c3cccc(Cl)c3)ccc2C)cc1. The van der Waals surface area contributed by atoms with Crippen LogP contribution >= 0.6 is 11.6 Å². The van der Waals surface area contributed by atoms with Crippen molar-refractivity contribution >= 4 is 44.8 Å². The number of carbonyl (C=O) groups excluding carboxylic acids is 2. The van der Waals surface area contributed by atoms with Gasteiger partial charge in [0.15, 0.2) is 0 Å². The Labute approximate surface area is 197 Å². The summed E-state index contributed by atoms with van der Waals surface area (Å²) >= 11 is 5.87. The summed E-state index contributed by atoms with van der Waals surface area (Å²) in [5.41, 5.74) is 1.47. The van der Waals surface area contributed by atoms with Gasteiger partial charge in [-0.15, -0.1) is 0 Å². The van der Waals surface area contributed by atoms with Crippen molar-refractivity contribution in [2.45, 2.75) is 11.8 Å². The number of carbonyl (C=O) groups is 2. The van der Waals surface area contributed by atoms with Crippen molar-refractivity contribution in [1.29, 1.82) is 0 Å². The molecule has 33 heavy (non-hydrogen) atoms. The molecule has 0 aliphatic rings. The summed E-state index contributed by atoms with van der Waals surface area (Å²) < 4.78 is 33.4. The Morgan fingerprint density at radius 1 is 0.970 bits per heavy atom. The third-order valence-electron chi connectivity index (χ3n) is 4.60. The molecule has 0 aliphatic heterocycles. The van der Waals surface area contributed by atoms with Gasteiger partial charge < -0.3 is 15.4 Å². The highest BCUT2D eigenvalue weighted by atomic mass is 35.5. The van der Waals surface area contributed by atoms with Crippen LogP contribution < -0.4 is 20.1 Å². The van der Waals surface area contributed by atoms with E-state index < -0.39 is 21.8 Å². The van der Waals surface area contributed by atoms with Gasteiger partial charge in [0.05, 0.1) is 18.6 Å². The summed E-state index contributed by atoms with van der Waals surface area (Å²) in [5.74, 6) is -0.370. The quantitative estimate of drug-likeness (QED) is 0.447. The summed E-state index contributed by atoms with van der Waals surface area (Å²) in [6.45, 7) is 1.35. The predicted octanol–water partition coefficient (Wildman–Crippen LogP) is 3.83. The lowest BCUT2D eigenvalue weighted by Gasteiger charge is -2.13. The third-order valence-corrected chi connectivity index (χ3v) is 6.36.